The van der Waals surface area contributed by atoms with Crippen LogP contribution in [0.25, 0.3) is 0 Å². The van der Waals surface area contributed by atoms with Crippen molar-refractivity contribution >= 4 is 0 Å². The van der Waals surface area contributed by atoms with E-state index in [-0.39, 0.29) is 0 Å². The minimum atomic E-state index is 0.730. The number of rotatable bonds is 6. The molecule has 3 atom stereocenters. The van der Waals surface area contributed by atoms with E-state index in [1.807, 2.05) is 0 Å². The minimum Gasteiger partial charge on any atom is -0.314 e. The van der Waals surface area contributed by atoms with Gasteiger partial charge in [-0.1, -0.05) is 20.3 Å². The van der Waals surface area contributed by atoms with Gasteiger partial charge in [-0.2, -0.15) is 0 Å². The predicted molar refractivity (Wildman–Crippen MR) is 67.2 cm³/mol. The van der Waals surface area contributed by atoms with Gasteiger partial charge in [0.2, 0.25) is 0 Å². The largest absolute Gasteiger partial charge is 0.314 e. The maximum Gasteiger partial charge on any atom is 0.0107 e. The molecule has 0 heterocycles. The van der Waals surface area contributed by atoms with Gasteiger partial charge in [-0.25, -0.2) is 0 Å². The van der Waals surface area contributed by atoms with Crippen molar-refractivity contribution < 1.29 is 0 Å². The Bertz CT molecular complexity index is 170. The Hall–Kier alpha value is -0.0800. The van der Waals surface area contributed by atoms with Gasteiger partial charge in [0.05, 0.1) is 0 Å². The van der Waals surface area contributed by atoms with Crippen molar-refractivity contribution in [3.63, 3.8) is 0 Å². The van der Waals surface area contributed by atoms with Crippen molar-refractivity contribution in [2.45, 2.75) is 58.5 Å². The van der Waals surface area contributed by atoms with E-state index in [9.17, 15) is 0 Å². The average Bonchev–Trinajstić information content (AvgIpc) is 2.65. The lowest BCUT2D eigenvalue weighted by Crippen LogP contribution is -2.40. The van der Waals surface area contributed by atoms with Gasteiger partial charge in [0.25, 0.3) is 0 Å². The van der Waals surface area contributed by atoms with E-state index in [2.05, 4.69) is 38.0 Å². The van der Waals surface area contributed by atoms with E-state index >= 15 is 0 Å². The van der Waals surface area contributed by atoms with Crippen LogP contribution in [-0.2, 0) is 0 Å². The number of nitrogens with one attached hydrogen (secondary N) is 1. The maximum absolute atomic E-state index is 3.63. The molecule has 1 aliphatic carbocycles. The second kappa shape index (κ2) is 6.49. The molecule has 0 aromatic carbocycles. The Balaban J connectivity index is 2.35. The second-order valence-corrected chi connectivity index (χ2v) is 5.05. The molecule has 1 fully saturated rings. The molecule has 0 saturated heterocycles. The number of nitrogens with zero attached hydrogens (tertiary/aromatic N) is 1. The fourth-order valence-corrected chi connectivity index (χ4v) is 2.65. The molecule has 0 amide bonds. The van der Waals surface area contributed by atoms with E-state index in [0.29, 0.717) is 0 Å². The third-order valence-corrected chi connectivity index (χ3v) is 3.99. The third kappa shape index (κ3) is 3.76. The third-order valence-electron chi connectivity index (χ3n) is 3.99. The molecule has 0 aromatic rings. The fraction of sp³-hybridized carbons (Fsp3) is 1.00. The van der Waals surface area contributed by atoms with Crippen molar-refractivity contribution in [2.75, 3.05) is 20.1 Å². The lowest BCUT2D eigenvalue weighted by atomic mass is 10.0. The van der Waals surface area contributed by atoms with Crippen molar-refractivity contribution in [2.24, 2.45) is 5.92 Å². The molecular weight excluding hydrogens is 184 g/mol. The molecule has 15 heavy (non-hydrogen) atoms. The van der Waals surface area contributed by atoms with E-state index in [4.69, 9.17) is 0 Å². The highest BCUT2D eigenvalue weighted by molar-refractivity contribution is 4.85. The molecule has 1 aliphatic rings. The molecule has 0 radical (unpaired) electrons. The topological polar surface area (TPSA) is 15.3 Å². The van der Waals surface area contributed by atoms with Crippen LogP contribution in [0.1, 0.15) is 46.5 Å². The first-order valence-corrected chi connectivity index (χ1v) is 6.62. The predicted octanol–water partition coefficient (Wildman–Crippen LogP) is 2.49. The highest BCUT2D eigenvalue weighted by Gasteiger charge is 2.27. The van der Waals surface area contributed by atoms with Crippen LogP contribution in [0, 0.1) is 5.92 Å². The van der Waals surface area contributed by atoms with Crippen LogP contribution in [-0.4, -0.2) is 37.1 Å². The zero-order valence-corrected chi connectivity index (χ0v) is 10.9. The monoisotopic (exact) mass is 212 g/mol. The van der Waals surface area contributed by atoms with Crippen LogP contribution >= 0.6 is 0 Å². The summed E-state index contributed by atoms with van der Waals surface area (Å²) in [6.07, 6.45) is 5.47. The summed E-state index contributed by atoms with van der Waals surface area (Å²) in [5, 5.41) is 3.63. The van der Waals surface area contributed by atoms with Crippen LogP contribution in [0.15, 0.2) is 0 Å². The molecule has 90 valence electrons. The van der Waals surface area contributed by atoms with Gasteiger partial charge in [-0.15, -0.1) is 0 Å². The molecule has 2 nitrogen and oxygen atoms in total. The normalized spacial score (nSPS) is 28.6. The molecular formula is C13H28N2. The quantitative estimate of drug-likeness (QED) is 0.728. The Morgan fingerprint density at radius 2 is 2.07 bits per heavy atom. The van der Waals surface area contributed by atoms with Gasteiger partial charge in [-0.05, 0) is 45.7 Å². The molecule has 1 N–H and O–H groups in total. The molecule has 1 rings (SSSR count). The van der Waals surface area contributed by atoms with Crippen molar-refractivity contribution in [1.82, 2.24) is 10.2 Å². The summed E-state index contributed by atoms with van der Waals surface area (Å²) in [4.78, 5) is 2.53. The second-order valence-electron chi connectivity index (χ2n) is 5.05. The summed E-state index contributed by atoms with van der Waals surface area (Å²) in [6, 6.07) is 1.51. The standard InChI is InChI=1S/C13H28N2/c1-5-11(3)15(4)10-12-8-7-9-13(12)14-6-2/h11-14H,5-10H2,1-4H3. The Morgan fingerprint density at radius 3 is 2.67 bits per heavy atom. The van der Waals surface area contributed by atoms with Gasteiger partial charge < -0.3 is 10.2 Å². The van der Waals surface area contributed by atoms with Crippen LogP contribution in [0.4, 0.5) is 0 Å². The maximum atomic E-state index is 3.63. The number of hydrogen-bond donors (Lipinski definition) is 1. The van der Waals surface area contributed by atoms with Crippen LogP contribution < -0.4 is 5.32 Å². The summed E-state index contributed by atoms with van der Waals surface area (Å²) in [5.41, 5.74) is 0. The molecule has 0 aromatic heterocycles. The van der Waals surface area contributed by atoms with Gasteiger partial charge in [0, 0.05) is 18.6 Å². The van der Waals surface area contributed by atoms with Gasteiger partial charge in [0.1, 0.15) is 0 Å². The lowest BCUT2D eigenvalue weighted by Gasteiger charge is -2.29. The lowest BCUT2D eigenvalue weighted by molar-refractivity contribution is 0.199. The molecule has 0 bridgehead atoms. The van der Waals surface area contributed by atoms with Crippen LogP contribution in [0.2, 0.25) is 0 Å². The highest BCUT2D eigenvalue weighted by atomic mass is 15.1. The summed E-state index contributed by atoms with van der Waals surface area (Å²) < 4.78 is 0. The van der Waals surface area contributed by atoms with Gasteiger partial charge >= 0.3 is 0 Å². The summed E-state index contributed by atoms with van der Waals surface area (Å²) >= 11 is 0. The molecule has 1 saturated carbocycles. The van der Waals surface area contributed by atoms with E-state index in [1.54, 1.807) is 0 Å². The average molecular weight is 212 g/mol. The van der Waals surface area contributed by atoms with Gasteiger partial charge in [-0.3, -0.25) is 0 Å². The fourth-order valence-electron chi connectivity index (χ4n) is 2.65. The summed E-state index contributed by atoms with van der Waals surface area (Å²) in [6.45, 7) is 9.21. The SMILES string of the molecule is CCNC1CCCC1CN(C)C(C)CC. The summed E-state index contributed by atoms with van der Waals surface area (Å²) in [5.74, 6) is 0.879. The Labute approximate surface area is 95.4 Å². The molecule has 0 spiro atoms. The van der Waals surface area contributed by atoms with Crippen LogP contribution in [0.3, 0.4) is 0 Å². The first kappa shape index (κ1) is 13.0. The Morgan fingerprint density at radius 1 is 1.33 bits per heavy atom. The minimum absolute atomic E-state index is 0.730. The van der Waals surface area contributed by atoms with E-state index in [1.165, 1.54) is 32.2 Å². The van der Waals surface area contributed by atoms with Crippen LogP contribution in [0.5, 0.6) is 0 Å². The zero-order valence-electron chi connectivity index (χ0n) is 10.9. The van der Waals surface area contributed by atoms with Crippen molar-refractivity contribution in [1.29, 1.82) is 0 Å². The van der Waals surface area contributed by atoms with Gasteiger partial charge in [0.15, 0.2) is 0 Å². The number of hydrogen-bond acceptors (Lipinski definition) is 2. The van der Waals surface area contributed by atoms with Crippen molar-refractivity contribution in [3.8, 4) is 0 Å². The molecule has 0 aliphatic heterocycles. The van der Waals surface area contributed by atoms with E-state index in [0.717, 1.165) is 24.5 Å². The highest BCUT2D eigenvalue weighted by Crippen LogP contribution is 2.26. The molecule has 2 heteroatoms. The Kier molecular flexibility index (Phi) is 5.62. The first-order chi connectivity index (χ1) is 7.19. The first-order valence-electron chi connectivity index (χ1n) is 6.62. The zero-order chi connectivity index (χ0) is 11.3. The van der Waals surface area contributed by atoms with E-state index < -0.39 is 0 Å². The summed E-state index contributed by atoms with van der Waals surface area (Å²) in [7, 11) is 2.27. The smallest absolute Gasteiger partial charge is 0.0107 e. The molecule has 3 unspecified atom stereocenters. The van der Waals surface area contributed by atoms with Crippen molar-refractivity contribution in [3.05, 3.63) is 0 Å².